The average Bonchev–Trinajstić information content (AvgIpc) is 2.72. The van der Waals surface area contributed by atoms with Crippen molar-refractivity contribution in [3.63, 3.8) is 0 Å². The van der Waals surface area contributed by atoms with Crippen LogP contribution in [0, 0.1) is 24.0 Å². The molecule has 2 rings (SSSR count). The largest absolute Gasteiger partial charge is 0.326 e. The highest BCUT2D eigenvalue weighted by atomic mass is 35.5. The van der Waals surface area contributed by atoms with E-state index in [1.807, 2.05) is 0 Å². The van der Waals surface area contributed by atoms with Crippen LogP contribution in [0.15, 0.2) is 23.0 Å². The van der Waals surface area contributed by atoms with Gasteiger partial charge in [0.2, 0.25) is 5.91 Å². The normalized spacial score (nSPS) is 10.6. The van der Waals surface area contributed by atoms with Gasteiger partial charge in [0.05, 0.1) is 4.92 Å². The van der Waals surface area contributed by atoms with Gasteiger partial charge in [0.15, 0.2) is 0 Å². The van der Waals surface area contributed by atoms with Crippen LogP contribution in [0.1, 0.15) is 17.8 Å². The molecule has 0 fully saturated rings. The molecule has 1 heterocycles. The van der Waals surface area contributed by atoms with E-state index in [1.165, 1.54) is 22.8 Å². The van der Waals surface area contributed by atoms with Crippen LogP contribution in [-0.4, -0.2) is 20.4 Å². The van der Waals surface area contributed by atoms with Crippen LogP contribution in [0.2, 0.25) is 5.02 Å². The Hall–Kier alpha value is -2.61. The lowest BCUT2D eigenvalue weighted by Crippen LogP contribution is -2.22. The number of carbonyl (C=O) groups excluding carboxylic acids is 1. The Morgan fingerprint density at radius 3 is 2.70 bits per heavy atom. The van der Waals surface area contributed by atoms with Crippen LogP contribution in [0.4, 0.5) is 11.4 Å². The van der Waals surface area contributed by atoms with Gasteiger partial charge < -0.3 is 10.3 Å². The quantitative estimate of drug-likeness (QED) is 0.644. The van der Waals surface area contributed by atoms with Crippen molar-refractivity contribution >= 4 is 28.9 Å². The number of nitro groups is 1. The van der Waals surface area contributed by atoms with E-state index < -0.39 is 4.92 Å². The van der Waals surface area contributed by atoms with Crippen molar-refractivity contribution in [2.45, 2.75) is 26.8 Å². The second-order valence-corrected chi connectivity index (χ2v) is 5.42. The number of hydrogen-bond donors (Lipinski definition) is 2. The predicted molar refractivity (Wildman–Crippen MR) is 85.9 cm³/mol. The van der Waals surface area contributed by atoms with E-state index >= 15 is 0 Å². The highest BCUT2D eigenvalue weighted by Crippen LogP contribution is 2.27. The number of imidazole rings is 1. The molecular formula is C14H15ClN4O4. The molecule has 9 heteroatoms. The van der Waals surface area contributed by atoms with Crippen LogP contribution in [0.3, 0.4) is 0 Å². The second-order valence-electron chi connectivity index (χ2n) is 5.01. The van der Waals surface area contributed by atoms with E-state index in [4.69, 9.17) is 11.6 Å². The van der Waals surface area contributed by atoms with Gasteiger partial charge in [-0.1, -0.05) is 11.6 Å². The number of amides is 1. The molecular weight excluding hydrogens is 324 g/mol. The Kier molecular flexibility index (Phi) is 4.85. The first-order chi connectivity index (χ1) is 10.8. The molecule has 1 amide bonds. The van der Waals surface area contributed by atoms with Crippen molar-refractivity contribution < 1.29 is 9.72 Å². The number of nitrogens with one attached hydrogen (secondary N) is 2. The number of aromatic nitrogens is 2. The van der Waals surface area contributed by atoms with Gasteiger partial charge in [-0.3, -0.25) is 19.5 Å². The first-order valence-electron chi connectivity index (χ1n) is 6.79. The number of benzene rings is 1. The van der Waals surface area contributed by atoms with Crippen molar-refractivity contribution in [1.29, 1.82) is 0 Å². The molecule has 122 valence electrons. The Morgan fingerprint density at radius 1 is 1.43 bits per heavy atom. The zero-order valence-corrected chi connectivity index (χ0v) is 13.3. The van der Waals surface area contributed by atoms with Crippen LogP contribution in [0.25, 0.3) is 0 Å². The zero-order chi connectivity index (χ0) is 17.1. The summed E-state index contributed by atoms with van der Waals surface area (Å²) >= 11 is 5.71. The van der Waals surface area contributed by atoms with Crippen LogP contribution < -0.4 is 11.0 Å². The molecule has 2 aromatic rings. The molecule has 0 saturated heterocycles. The zero-order valence-electron chi connectivity index (χ0n) is 12.6. The molecule has 0 bridgehead atoms. The van der Waals surface area contributed by atoms with Crippen LogP contribution in [-0.2, 0) is 11.3 Å². The maximum Gasteiger partial charge on any atom is 0.325 e. The third kappa shape index (κ3) is 3.78. The third-order valence-electron chi connectivity index (χ3n) is 3.48. The van der Waals surface area contributed by atoms with Gasteiger partial charge in [0, 0.05) is 36.1 Å². The number of nitro benzene ring substituents is 1. The lowest BCUT2D eigenvalue weighted by atomic mass is 10.2. The fourth-order valence-corrected chi connectivity index (χ4v) is 2.30. The number of anilines is 1. The summed E-state index contributed by atoms with van der Waals surface area (Å²) in [7, 11) is 0. The molecule has 8 nitrogen and oxygen atoms in total. The first kappa shape index (κ1) is 16.8. The number of hydrogen-bond acceptors (Lipinski definition) is 4. The fraction of sp³-hybridized carbons (Fsp3) is 0.286. The van der Waals surface area contributed by atoms with Crippen molar-refractivity contribution in [3.8, 4) is 0 Å². The monoisotopic (exact) mass is 338 g/mol. The number of carbonyl (C=O) groups is 1. The summed E-state index contributed by atoms with van der Waals surface area (Å²) in [6, 6.07) is 4.02. The number of aromatic amines is 1. The summed E-state index contributed by atoms with van der Waals surface area (Å²) in [5, 5.41) is 13.4. The van der Waals surface area contributed by atoms with Crippen molar-refractivity contribution in [2.75, 3.05) is 5.32 Å². The molecule has 0 aliphatic rings. The molecule has 0 atom stereocenters. The molecule has 23 heavy (non-hydrogen) atoms. The SMILES string of the molecule is Cc1[nH]c(=O)n(CCC(=O)Nc2ccc(Cl)c([N+](=O)[O-])c2)c1C. The molecule has 0 aliphatic carbocycles. The first-order valence-corrected chi connectivity index (χ1v) is 7.17. The lowest BCUT2D eigenvalue weighted by Gasteiger charge is -2.07. The Morgan fingerprint density at radius 2 is 2.13 bits per heavy atom. The topological polar surface area (TPSA) is 110 Å². The Balaban J connectivity index is 2.04. The Bertz CT molecular complexity index is 825. The number of H-pyrrole nitrogens is 1. The number of rotatable bonds is 5. The van der Waals surface area contributed by atoms with E-state index in [0.717, 1.165) is 11.4 Å². The second kappa shape index (κ2) is 6.66. The predicted octanol–water partition coefficient (Wildman–Crippen LogP) is 2.38. The van der Waals surface area contributed by atoms with Gasteiger partial charge in [-0.2, -0.15) is 0 Å². The minimum Gasteiger partial charge on any atom is -0.326 e. The van der Waals surface area contributed by atoms with Gasteiger partial charge >= 0.3 is 5.69 Å². The summed E-state index contributed by atoms with van der Waals surface area (Å²) in [4.78, 5) is 36.5. The van der Waals surface area contributed by atoms with Gasteiger partial charge in [0.25, 0.3) is 5.69 Å². The molecule has 1 aromatic heterocycles. The van der Waals surface area contributed by atoms with Crippen molar-refractivity contribution in [1.82, 2.24) is 9.55 Å². The van der Waals surface area contributed by atoms with Gasteiger partial charge in [-0.15, -0.1) is 0 Å². The van der Waals surface area contributed by atoms with E-state index in [0.29, 0.717) is 0 Å². The molecule has 2 N–H and O–H groups in total. The number of nitrogens with zero attached hydrogens (tertiary/aromatic N) is 2. The summed E-state index contributed by atoms with van der Waals surface area (Å²) in [6.45, 7) is 3.78. The van der Waals surface area contributed by atoms with Crippen molar-refractivity contribution in [3.05, 3.63) is 55.2 Å². The summed E-state index contributed by atoms with van der Waals surface area (Å²) < 4.78 is 1.47. The maximum atomic E-state index is 11.9. The molecule has 0 unspecified atom stereocenters. The van der Waals surface area contributed by atoms with E-state index in [1.54, 1.807) is 13.8 Å². The summed E-state index contributed by atoms with van der Waals surface area (Å²) in [5.74, 6) is -0.355. The Labute approximate surface area is 136 Å². The molecule has 0 radical (unpaired) electrons. The van der Waals surface area contributed by atoms with E-state index in [2.05, 4.69) is 10.3 Å². The van der Waals surface area contributed by atoms with Gasteiger partial charge in [-0.05, 0) is 26.0 Å². The molecule has 0 aliphatic heterocycles. The third-order valence-corrected chi connectivity index (χ3v) is 3.80. The van der Waals surface area contributed by atoms with Crippen LogP contribution >= 0.6 is 11.6 Å². The highest BCUT2D eigenvalue weighted by Gasteiger charge is 2.14. The summed E-state index contributed by atoms with van der Waals surface area (Å²) in [6.07, 6.45) is 0.0640. The summed E-state index contributed by atoms with van der Waals surface area (Å²) in [5.41, 5.74) is 1.25. The highest BCUT2D eigenvalue weighted by molar-refractivity contribution is 6.32. The number of halogens is 1. The minimum absolute atomic E-state index is 0.00188. The maximum absolute atomic E-state index is 11.9. The van der Waals surface area contributed by atoms with Crippen molar-refractivity contribution in [2.24, 2.45) is 0 Å². The van der Waals surface area contributed by atoms with Crippen LogP contribution in [0.5, 0.6) is 0 Å². The lowest BCUT2D eigenvalue weighted by molar-refractivity contribution is -0.384. The number of aryl methyl sites for hydroxylation is 1. The fourth-order valence-electron chi connectivity index (χ4n) is 2.11. The smallest absolute Gasteiger partial charge is 0.325 e. The van der Waals surface area contributed by atoms with Gasteiger partial charge in [0.1, 0.15) is 5.02 Å². The van der Waals surface area contributed by atoms with E-state index in [9.17, 15) is 19.7 Å². The molecule has 0 spiro atoms. The van der Waals surface area contributed by atoms with Gasteiger partial charge in [-0.25, -0.2) is 4.79 Å². The van der Waals surface area contributed by atoms with E-state index in [-0.39, 0.29) is 41.0 Å². The molecule has 1 aromatic carbocycles. The standard InChI is InChI=1S/C14H15ClN4O4/c1-8-9(2)18(14(21)16-8)6-5-13(20)17-10-3-4-11(15)12(7-10)19(22)23/h3-4,7H,5-6H2,1-2H3,(H,16,21)(H,17,20). The minimum atomic E-state index is -0.622. The molecule has 0 saturated carbocycles. The average molecular weight is 339 g/mol.